The number of benzene rings is 2. The summed E-state index contributed by atoms with van der Waals surface area (Å²) in [5.41, 5.74) is 0.684. The molecule has 130 valence electrons. The summed E-state index contributed by atoms with van der Waals surface area (Å²) in [4.78, 5) is 26.8. The molecule has 2 atom stereocenters. The standard InChI is InChI=1S/C20H21NO4/c1-20(19(23)25-3)17(15-9-11-16(24-2)12-10-15)21(18(20)22)13-14-7-5-4-6-8-14/h4-12,17H,13H2,1-3H3/t17-,20+/m0/s1. The molecule has 3 rings (SSSR count). The van der Waals surface area contributed by atoms with Crippen LogP contribution in [0.1, 0.15) is 24.1 Å². The van der Waals surface area contributed by atoms with E-state index < -0.39 is 11.4 Å². The number of ether oxygens (including phenoxy) is 2. The van der Waals surface area contributed by atoms with E-state index in [1.54, 1.807) is 18.9 Å². The fourth-order valence-corrected chi connectivity index (χ4v) is 3.43. The second-order valence-corrected chi connectivity index (χ2v) is 6.29. The van der Waals surface area contributed by atoms with E-state index in [0.29, 0.717) is 6.54 Å². The molecule has 1 aliphatic heterocycles. The lowest BCUT2D eigenvalue weighted by atomic mass is 9.69. The van der Waals surface area contributed by atoms with Crippen LogP contribution in [0, 0.1) is 5.41 Å². The van der Waals surface area contributed by atoms with E-state index in [4.69, 9.17) is 9.47 Å². The molecule has 5 heteroatoms. The first-order chi connectivity index (χ1) is 12.0. The Kier molecular flexibility index (Phi) is 4.49. The third-order valence-electron chi connectivity index (χ3n) is 4.80. The number of carbonyl (C=O) groups is 2. The van der Waals surface area contributed by atoms with E-state index in [9.17, 15) is 9.59 Å². The zero-order valence-corrected chi connectivity index (χ0v) is 14.6. The third-order valence-corrected chi connectivity index (χ3v) is 4.80. The highest BCUT2D eigenvalue weighted by molar-refractivity contribution is 6.08. The number of nitrogens with zero attached hydrogens (tertiary/aromatic N) is 1. The fourth-order valence-electron chi connectivity index (χ4n) is 3.43. The van der Waals surface area contributed by atoms with Crippen LogP contribution in [0.3, 0.4) is 0 Å². The van der Waals surface area contributed by atoms with E-state index in [-0.39, 0.29) is 11.9 Å². The van der Waals surface area contributed by atoms with E-state index in [0.717, 1.165) is 16.9 Å². The van der Waals surface area contributed by atoms with Gasteiger partial charge >= 0.3 is 5.97 Å². The highest BCUT2D eigenvalue weighted by Gasteiger charge is 2.63. The number of esters is 1. The van der Waals surface area contributed by atoms with Gasteiger partial charge in [0.1, 0.15) is 5.75 Å². The van der Waals surface area contributed by atoms with Crippen LogP contribution >= 0.6 is 0 Å². The average molecular weight is 339 g/mol. The molecule has 0 aliphatic carbocycles. The van der Waals surface area contributed by atoms with Crippen LogP contribution in [0.25, 0.3) is 0 Å². The monoisotopic (exact) mass is 339 g/mol. The van der Waals surface area contributed by atoms with E-state index >= 15 is 0 Å². The molecule has 1 heterocycles. The fraction of sp³-hybridized carbons (Fsp3) is 0.300. The highest BCUT2D eigenvalue weighted by atomic mass is 16.5. The lowest BCUT2D eigenvalue weighted by Crippen LogP contribution is -2.65. The van der Waals surface area contributed by atoms with Gasteiger partial charge in [-0.1, -0.05) is 42.5 Å². The largest absolute Gasteiger partial charge is 0.497 e. The van der Waals surface area contributed by atoms with Crippen LogP contribution in [-0.4, -0.2) is 31.0 Å². The number of hydrogen-bond acceptors (Lipinski definition) is 4. The maximum Gasteiger partial charge on any atom is 0.323 e. The predicted octanol–water partition coefficient (Wildman–Crippen LogP) is 2.96. The minimum Gasteiger partial charge on any atom is -0.497 e. The summed E-state index contributed by atoms with van der Waals surface area (Å²) in [6.07, 6.45) is 0. The minimum absolute atomic E-state index is 0.218. The number of rotatable bonds is 5. The maximum atomic E-state index is 12.8. The summed E-state index contributed by atoms with van der Waals surface area (Å²) in [7, 11) is 2.91. The Labute approximate surface area is 147 Å². The van der Waals surface area contributed by atoms with E-state index in [1.807, 2.05) is 54.6 Å². The van der Waals surface area contributed by atoms with Crippen LogP contribution in [0.15, 0.2) is 54.6 Å². The molecule has 0 spiro atoms. The van der Waals surface area contributed by atoms with Gasteiger partial charge in [-0.3, -0.25) is 9.59 Å². The summed E-state index contributed by atoms with van der Waals surface area (Å²) < 4.78 is 10.1. The number of likely N-dealkylation sites (tertiary alicyclic amines) is 1. The first kappa shape index (κ1) is 17.0. The molecule has 2 aromatic rings. The summed E-state index contributed by atoms with van der Waals surface area (Å²) in [6.45, 7) is 2.10. The molecular formula is C20H21NO4. The molecule has 2 aromatic carbocycles. The molecule has 5 nitrogen and oxygen atoms in total. The van der Waals surface area contributed by atoms with Crippen LogP contribution in [0.5, 0.6) is 5.75 Å². The highest BCUT2D eigenvalue weighted by Crippen LogP contribution is 2.51. The minimum atomic E-state index is -1.21. The zero-order chi connectivity index (χ0) is 18.0. The molecule has 1 amide bonds. The summed E-state index contributed by atoms with van der Waals surface area (Å²) >= 11 is 0. The summed E-state index contributed by atoms with van der Waals surface area (Å²) in [5.74, 6) is -0.00423. The van der Waals surface area contributed by atoms with Gasteiger partial charge in [0, 0.05) is 6.54 Å². The van der Waals surface area contributed by atoms with Gasteiger partial charge in [0.25, 0.3) is 0 Å². The van der Waals surface area contributed by atoms with Crippen molar-refractivity contribution >= 4 is 11.9 Å². The number of amides is 1. The Bertz CT molecular complexity index is 772. The van der Waals surface area contributed by atoms with Crippen LogP contribution in [0.2, 0.25) is 0 Å². The molecule has 0 bridgehead atoms. The van der Waals surface area contributed by atoms with Crippen molar-refractivity contribution in [2.24, 2.45) is 5.41 Å². The van der Waals surface area contributed by atoms with Crippen molar-refractivity contribution in [1.29, 1.82) is 0 Å². The van der Waals surface area contributed by atoms with Gasteiger partial charge in [0.05, 0.1) is 20.3 Å². The Morgan fingerprint density at radius 3 is 2.28 bits per heavy atom. The predicted molar refractivity (Wildman–Crippen MR) is 92.9 cm³/mol. The van der Waals surface area contributed by atoms with E-state index in [1.165, 1.54) is 7.11 Å². The molecule has 0 saturated carbocycles. The number of hydrogen-bond donors (Lipinski definition) is 0. The first-order valence-electron chi connectivity index (χ1n) is 8.09. The number of methoxy groups -OCH3 is 2. The van der Waals surface area contributed by atoms with Gasteiger partial charge in [-0.15, -0.1) is 0 Å². The van der Waals surface area contributed by atoms with Crippen molar-refractivity contribution in [2.45, 2.75) is 19.5 Å². The maximum absolute atomic E-state index is 12.8. The van der Waals surface area contributed by atoms with Crippen molar-refractivity contribution in [2.75, 3.05) is 14.2 Å². The van der Waals surface area contributed by atoms with Crippen molar-refractivity contribution in [3.63, 3.8) is 0 Å². The third kappa shape index (κ3) is 2.76. The molecular weight excluding hydrogens is 318 g/mol. The zero-order valence-electron chi connectivity index (χ0n) is 14.6. The normalized spacial score (nSPS) is 22.3. The quantitative estimate of drug-likeness (QED) is 0.477. The van der Waals surface area contributed by atoms with E-state index in [2.05, 4.69) is 0 Å². The smallest absolute Gasteiger partial charge is 0.323 e. The first-order valence-corrected chi connectivity index (χ1v) is 8.09. The van der Waals surface area contributed by atoms with Crippen LogP contribution in [-0.2, 0) is 20.9 Å². The second kappa shape index (κ2) is 6.59. The molecule has 1 aliphatic rings. The average Bonchev–Trinajstić information content (AvgIpc) is 2.67. The Morgan fingerprint density at radius 1 is 1.08 bits per heavy atom. The summed E-state index contributed by atoms with van der Waals surface area (Å²) in [5, 5.41) is 0. The van der Waals surface area contributed by atoms with Gasteiger partial charge in [-0.2, -0.15) is 0 Å². The summed E-state index contributed by atoms with van der Waals surface area (Å²) in [6, 6.07) is 16.8. The van der Waals surface area contributed by atoms with Gasteiger partial charge in [0.2, 0.25) is 5.91 Å². The van der Waals surface area contributed by atoms with Gasteiger partial charge in [-0.25, -0.2) is 0 Å². The van der Waals surface area contributed by atoms with Gasteiger partial charge in [0.15, 0.2) is 5.41 Å². The van der Waals surface area contributed by atoms with Crippen LogP contribution in [0.4, 0.5) is 0 Å². The Balaban J connectivity index is 1.96. The molecule has 0 N–H and O–H groups in total. The number of β-lactam (4-membered cyclic amide) rings is 1. The second-order valence-electron chi connectivity index (χ2n) is 6.29. The topological polar surface area (TPSA) is 55.8 Å². The van der Waals surface area contributed by atoms with Crippen LogP contribution < -0.4 is 4.74 Å². The SMILES string of the molecule is COC(=O)[C@@]1(C)C(=O)N(Cc2ccccc2)[C@H]1c1ccc(OC)cc1. The van der Waals surface area contributed by atoms with Crippen molar-refractivity contribution in [3.05, 3.63) is 65.7 Å². The lowest BCUT2D eigenvalue weighted by Gasteiger charge is -2.52. The molecule has 0 aromatic heterocycles. The molecule has 1 fully saturated rings. The lowest BCUT2D eigenvalue weighted by molar-refractivity contribution is -0.188. The molecule has 25 heavy (non-hydrogen) atoms. The molecule has 0 radical (unpaired) electrons. The Morgan fingerprint density at radius 2 is 1.72 bits per heavy atom. The van der Waals surface area contributed by atoms with Crippen molar-refractivity contribution in [1.82, 2.24) is 4.90 Å². The molecule has 1 saturated heterocycles. The Hall–Kier alpha value is -2.82. The number of carbonyl (C=O) groups excluding carboxylic acids is 2. The van der Waals surface area contributed by atoms with Gasteiger partial charge in [-0.05, 0) is 30.2 Å². The van der Waals surface area contributed by atoms with Crippen molar-refractivity contribution in [3.8, 4) is 5.75 Å². The van der Waals surface area contributed by atoms with Gasteiger partial charge < -0.3 is 14.4 Å². The molecule has 0 unspecified atom stereocenters. The van der Waals surface area contributed by atoms with Crippen molar-refractivity contribution < 1.29 is 19.1 Å².